The molecule has 2 unspecified atom stereocenters. The first-order valence-corrected chi connectivity index (χ1v) is 8.71. The van der Waals surface area contributed by atoms with E-state index in [2.05, 4.69) is 52.5 Å². The largest absolute Gasteiger partial charge is 0.365 e. The summed E-state index contributed by atoms with van der Waals surface area (Å²) in [5.74, 6) is 0. The van der Waals surface area contributed by atoms with E-state index < -0.39 is 0 Å². The number of hydrogen-bond donors (Lipinski definition) is 0. The van der Waals surface area contributed by atoms with Crippen molar-refractivity contribution in [1.29, 1.82) is 0 Å². The molecule has 2 atom stereocenters. The van der Waals surface area contributed by atoms with Crippen LogP contribution in [0.15, 0.2) is 48.8 Å². The van der Waals surface area contributed by atoms with Crippen molar-refractivity contribution in [2.45, 2.75) is 56.5 Å². The Morgan fingerprint density at radius 2 is 1.87 bits per heavy atom. The molecule has 3 heteroatoms. The first kappa shape index (κ1) is 13.7. The van der Waals surface area contributed by atoms with Gasteiger partial charge in [0.05, 0.1) is 12.2 Å². The predicted molar refractivity (Wildman–Crippen MR) is 88.7 cm³/mol. The van der Waals surface area contributed by atoms with E-state index in [0.717, 1.165) is 26.0 Å². The monoisotopic (exact) mass is 306 g/mol. The molecular weight excluding hydrogens is 284 g/mol. The van der Waals surface area contributed by atoms with Crippen LogP contribution in [0.1, 0.15) is 42.4 Å². The number of piperidine rings is 1. The molecule has 2 bridgehead atoms. The average molecular weight is 306 g/mol. The molecule has 0 aliphatic carbocycles. The van der Waals surface area contributed by atoms with Gasteiger partial charge in [-0.2, -0.15) is 0 Å². The maximum Gasteiger partial charge on any atom is 0.0984 e. The minimum absolute atomic E-state index is 0.0669. The Morgan fingerprint density at radius 1 is 1.09 bits per heavy atom. The molecule has 4 heterocycles. The summed E-state index contributed by atoms with van der Waals surface area (Å²) in [5.41, 5.74) is 4.06. The Bertz CT molecular complexity index is 701. The lowest BCUT2D eigenvalue weighted by atomic mass is 9.80. The smallest absolute Gasteiger partial charge is 0.0984 e. The summed E-state index contributed by atoms with van der Waals surface area (Å²) in [5, 5.41) is 0. The lowest BCUT2D eigenvalue weighted by Crippen LogP contribution is -2.49. The van der Waals surface area contributed by atoms with Gasteiger partial charge in [0.2, 0.25) is 0 Å². The van der Waals surface area contributed by atoms with Gasteiger partial charge in [0.1, 0.15) is 0 Å². The first-order valence-electron chi connectivity index (χ1n) is 8.71. The minimum Gasteiger partial charge on any atom is -0.365 e. The van der Waals surface area contributed by atoms with Crippen LogP contribution in [-0.4, -0.2) is 22.0 Å². The highest BCUT2D eigenvalue weighted by atomic mass is 16.5. The fourth-order valence-electron chi connectivity index (χ4n) is 4.94. The predicted octanol–water partition coefficient (Wildman–Crippen LogP) is 3.63. The second-order valence-corrected chi connectivity index (χ2v) is 7.27. The summed E-state index contributed by atoms with van der Waals surface area (Å²) in [6.45, 7) is 1.84. The summed E-state index contributed by atoms with van der Waals surface area (Å²) < 4.78 is 6.36. The molecule has 1 aromatic carbocycles. The van der Waals surface area contributed by atoms with Gasteiger partial charge in [-0.1, -0.05) is 30.3 Å². The van der Waals surface area contributed by atoms with Crippen molar-refractivity contribution in [2.24, 2.45) is 0 Å². The second-order valence-electron chi connectivity index (χ2n) is 7.27. The van der Waals surface area contributed by atoms with Crippen molar-refractivity contribution >= 4 is 0 Å². The quantitative estimate of drug-likeness (QED) is 0.847. The Labute approximate surface area is 137 Å². The Morgan fingerprint density at radius 3 is 2.65 bits per heavy atom. The van der Waals surface area contributed by atoms with Crippen LogP contribution < -0.4 is 0 Å². The summed E-state index contributed by atoms with van der Waals surface area (Å²) in [6, 6.07) is 14.3. The Kier molecular flexibility index (Phi) is 3.07. The van der Waals surface area contributed by atoms with Gasteiger partial charge in [-0.3, -0.25) is 9.88 Å². The van der Waals surface area contributed by atoms with Crippen LogP contribution in [-0.2, 0) is 23.5 Å². The molecule has 3 aliphatic rings. The van der Waals surface area contributed by atoms with E-state index in [0.29, 0.717) is 12.1 Å². The molecular formula is C20H22N2O. The van der Waals surface area contributed by atoms with E-state index in [1.165, 1.54) is 29.5 Å². The topological polar surface area (TPSA) is 25.4 Å². The molecule has 0 N–H and O–H groups in total. The summed E-state index contributed by atoms with van der Waals surface area (Å²) >= 11 is 0. The zero-order chi connectivity index (χ0) is 15.3. The van der Waals surface area contributed by atoms with Crippen molar-refractivity contribution in [2.75, 3.05) is 0 Å². The number of ether oxygens (including phenoxy) is 1. The molecule has 0 radical (unpaired) electrons. The lowest BCUT2D eigenvalue weighted by molar-refractivity contribution is -0.102. The molecule has 3 aliphatic heterocycles. The maximum atomic E-state index is 6.36. The number of nitrogens with zero attached hydrogens (tertiary/aromatic N) is 2. The highest BCUT2D eigenvalue weighted by Crippen LogP contribution is 2.51. The summed E-state index contributed by atoms with van der Waals surface area (Å²) in [6.07, 6.45) is 8.79. The van der Waals surface area contributed by atoms with Crippen molar-refractivity contribution in [3.05, 3.63) is 65.5 Å². The van der Waals surface area contributed by atoms with Gasteiger partial charge in [0, 0.05) is 36.6 Å². The zero-order valence-corrected chi connectivity index (χ0v) is 13.3. The van der Waals surface area contributed by atoms with Gasteiger partial charge < -0.3 is 4.74 Å². The van der Waals surface area contributed by atoms with Crippen LogP contribution >= 0.6 is 0 Å². The number of hydrogen-bond acceptors (Lipinski definition) is 3. The number of fused-ring (bicyclic) bond motifs is 4. The van der Waals surface area contributed by atoms with E-state index in [4.69, 9.17) is 4.74 Å². The van der Waals surface area contributed by atoms with E-state index in [1.54, 1.807) is 0 Å². The third kappa shape index (κ3) is 2.14. The number of pyridine rings is 1. The SMILES string of the molecule is c1ccc(CN2C3CCC2CC2(C3)OCc3ccncc32)cc1. The second kappa shape index (κ2) is 5.15. The number of benzene rings is 1. The highest BCUT2D eigenvalue weighted by Gasteiger charge is 2.52. The van der Waals surface area contributed by atoms with Gasteiger partial charge in [-0.25, -0.2) is 0 Å². The third-order valence-electron chi connectivity index (χ3n) is 6.02. The summed E-state index contributed by atoms with van der Waals surface area (Å²) in [4.78, 5) is 7.09. The number of aromatic nitrogens is 1. The van der Waals surface area contributed by atoms with Crippen LogP contribution in [0.5, 0.6) is 0 Å². The van der Waals surface area contributed by atoms with Crippen LogP contribution in [0, 0.1) is 0 Å². The molecule has 3 nitrogen and oxygen atoms in total. The van der Waals surface area contributed by atoms with E-state index in [9.17, 15) is 0 Å². The number of rotatable bonds is 2. The first-order chi connectivity index (χ1) is 11.3. The van der Waals surface area contributed by atoms with E-state index in [-0.39, 0.29) is 5.60 Å². The van der Waals surface area contributed by atoms with Crippen molar-refractivity contribution < 1.29 is 4.74 Å². The van der Waals surface area contributed by atoms with Crippen LogP contribution in [0.3, 0.4) is 0 Å². The average Bonchev–Trinajstić information content (AvgIpc) is 3.05. The lowest BCUT2D eigenvalue weighted by Gasteiger charge is -2.44. The Hall–Kier alpha value is -1.71. The molecule has 2 fully saturated rings. The van der Waals surface area contributed by atoms with Gasteiger partial charge in [0.15, 0.2) is 0 Å². The molecule has 1 spiro atoms. The Balaban J connectivity index is 1.42. The van der Waals surface area contributed by atoms with Crippen LogP contribution in [0.2, 0.25) is 0 Å². The molecule has 23 heavy (non-hydrogen) atoms. The third-order valence-corrected chi connectivity index (χ3v) is 6.02. The van der Waals surface area contributed by atoms with E-state index in [1.807, 2.05) is 6.20 Å². The molecule has 1 aromatic heterocycles. The highest BCUT2D eigenvalue weighted by molar-refractivity contribution is 5.34. The standard InChI is InChI=1S/C20H22N2O/c1-2-4-15(5-3-1)13-22-17-6-7-18(22)11-20(10-17)19-12-21-9-8-16(19)14-23-20/h1-5,8-9,12,17-18H,6-7,10-11,13-14H2. The van der Waals surface area contributed by atoms with Crippen molar-refractivity contribution in [3.8, 4) is 0 Å². The summed E-state index contributed by atoms with van der Waals surface area (Å²) in [7, 11) is 0. The molecule has 118 valence electrons. The molecule has 2 aromatic rings. The maximum absolute atomic E-state index is 6.36. The van der Waals surface area contributed by atoms with Crippen molar-refractivity contribution in [3.63, 3.8) is 0 Å². The van der Waals surface area contributed by atoms with Crippen LogP contribution in [0.25, 0.3) is 0 Å². The minimum atomic E-state index is -0.0669. The van der Waals surface area contributed by atoms with Gasteiger partial charge >= 0.3 is 0 Å². The molecule has 5 rings (SSSR count). The molecule has 2 saturated heterocycles. The van der Waals surface area contributed by atoms with Gasteiger partial charge in [-0.05, 0) is 42.9 Å². The van der Waals surface area contributed by atoms with Gasteiger partial charge in [-0.15, -0.1) is 0 Å². The molecule has 0 amide bonds. The fourth-order valence-corrected chi connectivity index (χ4v) is 4.94. The fraction of sp³-hybridized carbons (Fsp3) is 0.450. The van der Waals surface area contributed by atoms with Crippen LogP contribution in [0.4, 0.5) is 0 Å². The van der Waals surface area contributed by atoms with E-state index >= 15 is 0 Å². The zero-order valence-electron chi connectivity index (χ0n) is 13.3. The van der Waals surface area contributed by atoms with Crippen molar-refractivity contribution in [1.82, 2.24) is 9.88 Å². The molecule has 0 saturated carbocycles. The normalized spacial score (nSPS) is 32.3. The van der Waals surface area contributed by atoms with Gasteiger partial charge in [0.25, 0.3) is 0 Å².